The molecule has 0 saturated heterocycles. The third-order valence-corrected chi connectivity index (χ3v) is 2.86. The molecule has 2 heterocycles. The lowest BCUT2D eigenvalue weighted by Gasteiger charge is -2.07. The molecule has 4 heteroatoms. The van der Waals surface area contributed by atoms with Crippen LogP contribution in [-0.2, 0) is 0 Å². The lowest BCUT2D eigenvalue weighted by atomic mass is 10.1. The second kappa shape index (κ2) is 3.84. The van der Waals surface area contributed by atoms with E-state index in [2.05, 4.69) is 10.3 Å². The summed E-state index contributed by atoms with van der Waals surface area (Å²) in [6.07, 6.45) is 1.87. The Hall–Kier alpha value is -2.36. The number of carbonyl (C=O) groups excluding carboxylic acids is 1. The normalized spacial score (nSPS) is 15.9. The summed E-state index contributed by atoms with van der Waals surface area (Å²) >= 11 is 0. The number of fused-ring (bicyclic) bond motifs is 2. The van der Waals surface area contributed by atoms with Crippen LogP contribution in [-0.4, -0.2) is 29.9 Å². The van der Waals surface area contributed by atoms with Crippen LogP contribution in [0.25, 0.3) is 16.6 Å². The van der Waals surface area contributed by atoms with Crippen LogP contribution in [0, 0.1) is 0 Å². The number of aromatic nitrogens is 1. The van der Waals surface area contributed by atoms with Crippen molar-refractivity contribution in [3.8, 4) is 0 Å². The zero-order chi connectivity index (χ0) is 12.7. The highest BCUT2D eigenvalue weighted by Gasteiger charge is 2.25. The fourth-order valence-electron chi connectivity index (χ4n) is 2.09. The summed E-state index contributed by atoms with van der Waals surface area (Å²) in [5.74, 6) is -0.0867. The summed E-state index contributed by atoms with van der Waals surface area (Å²) in [6, 6.07) is 9.69. The van der Waals surface area contributed by atoms with Crippen LogP contribution in [0.15, 0.2) is 36.5 Å². The number of carbonyl (C=O) groups is 1. The number of hydrogen-bond donors (Lipinski definition) is 1. The monoisotopic (exact) mass is 239 g/mol. The van der Waals surface area contributed by atoms with Crippen molar-refractivity contribution >= 4 is 22.5 Å². The second-order valence-corrected chi connectivity index (χ2v) is 4.54. The quantitative estimate of drug-likeness (QED) is 0.826. The lowest BCUT2D eigenvalue weighted by Crippen LogP contribution is -2.14. The standard InChI is InChI=1S/C14H13N3O/c1-17(2)8-12-13-10(14(18)16-12)7-9-5-3-4-6-11(9)15-13/h3-8H,1-2H3,(H,16,18)/b12-8-. The van der Waals surface area contributed by atoms with Crippen LogP contribution < -0.4 is 5.32 Å². The van der Waals surface area contributed by atoms with E-state index in [4.69, 9.17) is 0 Å². The average molecular weight is 239 g/mol. The number of benzene rings is 1. The van der Waals surface area contributed by atoms with Gasteiger partial charge in [-0.25, -0.2) is 4.98 Å². The SMILES string of the molecule is CN(C)/C=C1\NC(=O)c2cc3ccccc3nc21. The van der Waals surface area contributed by atoms with Crippen molar-refractivity contribution in [3.63, 3.8) is 0 Å². The van der Waals surface area contributed by atoms with Gasteiger partial charge in [0.15, 0.2) is 0 Å². The first-order valence-electron chi connectivity index (χ1n) is 5.75. The molecule has 1 aliphatic heterocycles. The number of amides is 1. The molecule has 0 unspecified atom stereocenters. The Balaban J connectivity index is 2.25. The number of para-hydroxylation sites is 1. The number of nitrogens with zero attached hydrogens (tertiary/aromatic N) is 2. The Morgan fingerprint density at radius 1 is 1.28 bits per heavy atom. The Bertz CT molecular complexity index is 674. The van der Waals surface area contributed by atoms with Crippen LogP contribution >= 0.6 is 0 Å². The van der Waals surface area contributed by atoms with Crippen LogP contribution in [0.1, 0.15) is 16.1 Å². The Morgan fingerprint density at radius 3 is 2.83 bits per heavy atom. The predicted octanol–water partition coefficient (Wildman–Crippen LogP) is 1.84. The first-order chi connectivity index (χ1) is 8.65. The van der Waals surface area contributed by atoms with Gasteiger partial charge in [-0.05, 0) is 12.1 Å². The average Bonchev–Trinajstić information content (AvgIpc) is 2.63. The molecule has 0 atom stereocenters. The smallest absolute Gasteiger partial charge is 0.258 e. The molecule has 1 amide bonds. The van der Waals surface area contributed by atoms with Gasteiger partial charge in [-0.1, -0.05) is 18.2 Å². The lowest BCUT2D eigenvalue weighted by molar-refractivity contribution is 0.0981. The summed E-state index contributed by atoms with van der Waals surface area (Å²) in [5, 5.41) is 3.83. The molecule has 2 aromatic rings. The van der Waals surface area contributed by atoms with E-state index < -0.39 is 0 Å². The van der Waals surface area contributed by atoms with E-state index in [-0.39, 0.29) is 5.91 Å². The highest BCUT2D eigenvalue weighted by molar-refractivity contribution is 6.10. The number of nitrogens with one attached hydrogen (secondary N) is 1. The molecule has 1 aromatic heterocycles. The maximum atomic E-state index is 11.9. The summed E-state index contributed by atoms with van der Waals surface area (Å²) in [6.45, 7) is 0. The van der Waals surface area contributed by atoms with Crippen LogP contribution in [0.5, 0.6) is 0 Å². The second-order valence-electron chi connectivity index (χ2n) is 4.54. The van der Waals surface area contributed by atoms with E-state index in [0.29, 0.717) is 5.56 Å². The van der Waals surface area contributed by atoms with Gasteiger partial charge < -0.3 is 10.2 Å². The van der Waals surface area contributed by atoms with Crippen molar-refractivity contribution in [2.45, 2.75) is 0 Å². The summed E-state index contributed by atoms with van der Waals surface area (Å²) < 4.78 is 0. The highest BCUT2D eigenvalue weighted by atomic mass is 16.2. The molecule has 90 valence electrons. The van der Waals surface area contributed by atoms with E-state index in [9.17, 15) is 4.79 Å². The van der Waals surface area contributed by atoms with Gasteiger partial charge in [0.25, 0.3) is 5.91 Å². The van der Waals surface area contributed by atoms with Crippen molar-refractivity contribution in [2.24, 2.45) is 0 Å². The van der Waals surface area contributed by atoms with E-state index in [1.165, 1.54) is 0 Å². The first kappa shape index (κ1) is 10.8. The van der Waals surface area contributed by atoms with E-state index in [1.807, 2.05) is 55.5 Å². The maximum Gasteiger partial charge on any atom is 0.258 e. The van der Waals surface area contributed by atoms with E-state index in [1.54, 1.807) is 0 Å². The molecule has 0 fully saturated rings. The van der Waals surface area contributed by atoms with Crippen molar-refractivity contribution in [3.05, 3.63) is 47.8 Å². The molecule has 0 aliphatic carbocycles. The van der Waals surface area contributed by atoms with Gasteiger partial charge in [-0.3, -0.25) is 4.79 Å². The van der Waals surface area contributed by atoms with Crippen molar-refractivity contribution in [1.29, 1.82) is 0 Å². The van der Waals surface area contributed by atoms with Gasteiger partial charge in [0.2, 0.25) is 0 Å². The third-order valence-electron chi connectivity index (χ3n) is 2.86. The minimum atomic E-state index is -0.0867. The molecular formula is C14H13N3O. The molecule has 4 nitrogen and oxygen atoms in total. The van der Waals surface area contributed by atoms with Gasteiger partial charge in [0, 0.05) is 25.7 Å². The molecule has 0 radical (unpaired) electrons. The Kier molecular flexibility index (Phi) is 2.30. The molecule has 1 aliphatic rings. The Labute approximate surface area is 105 Å². The maximum absolute atomic E-state index is 11.9. The van der Waals surface area contributed by atoms with E-state index >= 15 is 0 Å². The topological polar surface area (TPSA) is 45.2 Å². The minimum absolute atomic E-state index is 0.0867. The van der Waals surface area contributed by atoms with Gasteiger partial charge in [0.05, 0.1) is 16.8 Å². The Morgan fingerprint density at radius 2 is 2.06 bits per heavy atom. The molecule has 3 rings (SSSR count). The summed E-state index contributed by atoms with van der Waals surface area (Å²) in [5.41, 5.74) is 3.03. The molecular weight excluding hydrogens is 226 g/mol. The minimum Gasteiger partial charge on any atom is -0.382 e. The highest BCUT2D eigenvalue weighted by Crippen LogP contribution is 2.26. The third kappa shape index (κ3) is 1.62. The van der Waals surface area contributed by atoms with Gasteiger partial charge in [0.1, 0.15) is 5.69 Å². The molecule has 1 aromatic carbocycles. The summed E-state index contributed by atoms with van der Waals surface area (Å²) in [7, 11) is 3.83. The molecule has 0 bridgehead atoms. The predicted molar refractivity (Wildman–Crippen MR) is 70.9 cm³/mol. The van der Waals surface area contributed by atoms with Crippen molar-refractivity contribution in [2.75, 3.05) is 14.1 Å². The largest absolute Gasteiger partial charge is 0.382 e. The first-order valence-corrected chi connectivity index (χ1v) is 5.75. The summed E-state index contributed by atoms with van der Waals surface area (Å²) in [4.78, 5) is 18.3. The number of rotatable bonds is 1. The molecule has 18 heavy (non-hydrogen) atoms. The van der Waals surface area contributed by atoms with Gasteiger partial charge >= 0.3 is 0 Å². The molecule has 1 N–H and O–H groups in total. The zero-order valence-corrected chi connectivity index (χ0v) is 10.3. The zero-order valence-electron chi connectivity index (χ0n) is 10.3. The van der Waals surface area contributed by atoms with Crippen molar-refractivity contribution < 1.29 is 4.79 Å². The van der Waals surface area contributed by atoms with Crippen molar-refractivity contribution in [1.82, 2.24) is 15.2 Å². The van der Waals surface area contributed by atoms with Crippen LogP contribution in [0.4, 0.5) is 0 Å². The molecule has 0 saturated carbocycles. The number of hydrogen-bond acceptors (Lipinski definition) is 3. The van der Waals surface area contributed by atoms with Gasteiger partial charge in [-0.15, -0.1) is 0 Å². The van der Waals surface area contributed by atoms with Crippen LogP contribution in [0.2, 0.25) is 0 Å². The van der Waals surface area contributed by atoms with E-state index in [0.717, 1.165) is 22.3 Å². The van der Waals surface area contributed by atoms with Gasteiger partial charge in [-0.2, -0.15) is 0 Å². The fourth-order valence-corrected chi connectivity index (χ4v) is 2.09. The molecule has 0 spiro atoms. The number of pyridine rings is 1. The fraction of sp³-hybridized carbons (Fsp3) is 0.143. The van der Waals surface area contributed by atoms with Crippen LogP contribution in [0.3, 0.4) is 0 Å².